The molecule has 0 radical (unpaired) electrons. The molecule has 1 aromatic rings. The van der Waals surface area contributed by atoms with E-state index in [2.05, 4.69) is 16.0 Å². The summed E-state index contributed by atoms with van der Waals surface area (Å²) in [7, 11) is 0. The number of carboxylic acids is 2. The molecule has 0 aliphatic heterocycles. The normalized spacial score (nSPS) is 15.0. The van der Waals surface area contributed by atoms with Crippen LogP contribution in [0.15, 0.2) is 30.3 Å². The predicted octanol–water partition coefficient (Wildman–Crippen LogP) is -1.92. The molecule has 10 N–H and O–H groups in total. The Morgan fingerprint density at radius 2 is 1.50 bits per heavy atom. The van der Waals surface area contributed by atoms with E-state index in [0.717, 1.165) is 0 Å². The number of carboxylic acid groups (broad SMARTS) is 2. The van der Waals surface area contributed by atoms with Crippen molar-refractivity contribution in [3.63, 3.8) is 0 Å². The van der Waals surface area contributed by atoms with E-state index < -0.39 is 66.4 Å². The topological polar surface area (TPSA) is 234 Å². The zero-order chi connectivity index (χ0) is 27.3. The fourth-order valence-corrected chi connectivity index (χ4v) is 3.27. The van der Waals surface area contributed by atoms with Crippen molar-refractivity contribution < 1.29 is 39.3 Å². The first-order valence-corrected chi connectivity index (χ1v) is 11.5. The highest BCUT2D eigenvalue weighted by Crippen LogP contribution is 2.06. The molecule has 13 nitrogen and oxygen atoms in total. The van der Waals surface area contributed by atoms with E-state index in [1.165, 1.54) is 6.92 Å². The van der Waals surface area contributed by atoms with Crippen molar-refractivity contribution >= 4 is 29.7 Å². The Morgan fingerprint density at radius 1 is 0.889 bits per heavy atom. The van der Waals surface area contributed by atoms with Gasteiger partial charge in [0.25, 0.3) is 0 Å². The summed E-state index contributed by atoms with van der Waals surface area (Å²) >= 11 is 0. The molecule has 0 aliphatic carbocycles. The highest BCUT2D eigenvalue weighted by atomic mass is 16.4. The molecule has 0 bridgehead atoms. The van der Waals surface area contributed by atoms with Gasteiger partial charge in [-0.25, -0.2) is 4.79 Å². The molecular formula is C23H35N5O8. The minimum Gasteiger partial charge on any atom is -0.481 e. The van der Waals surface area contributed by atoms with Crippen molar-refractivity contribution in [3.8, 4) is 0 Å². The van der Waals surface area contributed by atoms with Crippen LogP contribution in [-0.4, -0.2) is 81.8 Å². The molecule has 200 valence electrons. The summed E-state index contributed by atoms with van der Waals surface area (Å²) in [5.41, 5.74) is 11.8. The van der Waals surface area contributed by atoms with Gasteiger partial charge in [0.05, 0.1) is 18.6 Å². The summed E-state index contributed by atoms with van der Waals surface area (Å²) in [5.74, 6) is -5.56. The second kappa shape index (κ2) is 15.4. The van der Waals surface area contributed by atoms with E-state index in [9.17, 15) is 34.2 Å². The molecule has 0 aliphatic rings. The lowest BCUT2D eigenvalue weighted by Gasteiger charge is -2.26. The number of benzene rings is 1. The maximum Gasteiger partial charge on any atom is 0.326 e. The number of amides is 3. The highest BCUT2D eigenvalue weighted by molar-refractivity contribution is 5.95. The van der Waals surface area contributed by atoms with Crippen molar-refractivity contribution in [2.45, 2.75) is 69.3 Å². The van der Waals surface area contributed by atoms with Gasteiger partial charge in [-0.1, -0.05) is 36.8 Å². The average molecular weight is 510 g/mol. The third kappa shape index (κ3) is 10.8. The lowest BCUT2D eigenvalue weighted by molar-refractivity contribution is -0.144. The van der Waals surface area contributed by atoms with Crippen LogP contribution in [0.5, 0.6) is 0 Å². The van der Waals surface area contributed by atoms with Crippen molar-refractivity contribution in [3.05, 3.63) is 35.9 Å². The monoisotopic (exact) mass is 509 g/mol. The van der Waals surface area contributed by atoms with Crippen LogP contribution in [0.2, 0.25) is 0 Å². The Kier molecular flexibility index (Phi) is 13.1. The van der Waals surface area contributed by atoms with Gasteiger partial charge in [0.2, 0.25) is 17.7 Å². The molecule has 0 aromatic heterocycles. The van der Waals surface area contributed by atoms with Gasteiger partial charge in [-0.15, -0.1) is 0 Å². The molecule has 0 fully saturated rings. The van der Waals surface area contributed by atoms with Crippen LogP contribution in [0.1, 0.15) is 38.2 Å². The number of aliphatic hydroxyl groups excluding tert-OH is 1. The summed E-state index contributed by atoms with van der Waals surface area (Å²) < 4.78 is 0. The molecular weight excluding hydrogens is 474 g/mol. The highest BCUT2D eigenvalue weighted by Gasteiger charge is 2.33. The second-order valence-electron chi connectivity index (χ2n) is 8.37. The Hall–Kier alpha value is -3.55. The standard InChI is InChI=1S/C23H35N5O8/c1-13(29)19(22(34)27-17(23(35)36)11-14-7-3-2-4-8-14)28-21(33)16(12-18(30)31)26-20(32)15(25)9-5-6-10-24/h2-4,7-8,13,15-17,19,29H,5-6,9-12,24-25H2,1H3,(H,26,32)(H,27,34)(H,28,33)(H,30,31)(H,35,36). The Balaban J connectivity index is 2.92. The quantitative estimate of drug-likeness (QED) is 0.115. The van der Waals surface area contributed by atoms with Gasteiger partial charge >= 0.3 is 11.9 Å². The van der Waals surface area contributed by atoms with Crippen LogP contribution in [-0.2, 0) is 30.4 Å². The maximum atomic E-state index is 12.8. The third-order valence-electron chi connectivity index (χ3n) is 5.28. The van der Waals surface area contributed by atoms with Crippen LogP contribution in [0.4, 0.5) is 0 Å². The van der Waals surface area contributed by atoms with E-state index in [4.69, 9.17) is 16.6 Å². The number of carbonyl (C=O) groups is 5. The number of nitrogens with two attached hydrogens (primary N) is 2. The van der Waals surface area contributed by atoms with Crippen LogP contribution >= 0.6 is 0 Å². The molecule has 0 saturated carbocycles. The molecule has 3 amide bonds. The van der Waals surface area contributed by atoms with Gasteiger partial charge < -0.3 is 42.7 Å². The summed E-state index contributed by atoms with van der Waals surface area (Å²) in [5, 5.41) is 35.5. The Bertz CT molecular complexity index is 896. The smallest absolute Gasteiger partial charge is 0.326 e. The van der Waals surface area contributed by atoms with Crippen LogP contribution in [0.3, 0.4) is 0 Å². The van der Waals surface area contributed by atoms with E-state index in [1.807, 2.05) is 0 Å². The van der Waals surface area contributed by atoms with Crippen molar-refractivity contribution in [1.29, 1.82) is 0 Å². The first kappa shape index (κ1) is 30.5. The molecule has 0 heterocycles. The molecule has 0 saturated heterocycles. The third-order valence-corrected chi connectivity index (χ3v) is 5.28. The van der Waals surface area contributed by atoms with E-state index in [1.54, 1.807) is 30.3 Å². The molecule has 1 aromatic carbocycles. The second-order valence-corrected chi connectivity index (χ2v) is 8.37. The number of aliphatic hydroxyl groups is 1. The molecule has 0 spiro atoms. The number of carbonyl (C=O) groups excluding carboxylic acids is 3. The molecule has 1 rings (SSSR count). The van der Waals surface area contributed by atoms with Gasteiger partial charge in [0.15, 0.2) is 0 Å². The summed E-state index contributed by atoms with van der Waals surface area (Å²) in [4.78, 5) is 60.8. The number of nitrogens with one attached hydrogen (secondary N) is 3. The minimum atomic E-state index is -1.62. The minimum absolute atomic E-state index is 0.0534. The van der Waals surface area contributed by atoms with Crippen LogP contribution < -0.4 is 27.4 Å². The van der Waals surface area contributed by atoms with E-state index in [-0.39, 0.29) is 12.8 Å². The van der Waals surface area contributed by atoms with Crippen molar-refractivity contribution in [2.24, 2.45) is 11.5 Å². The average Bonchev–Trinajstić information content (AvgIpc) is 2.81. The van der Waals surface area contributed by atoms with Gasteiger partial charge in [-0.05, 0) is 31.9 Å². The van der Waals surface area contributed by atoms with Crippen LogP contribution in [0.25, 0.3) is 0 Å². The van der Waals surface area contributed by atoms with Crippen molar-refractivity contribution in [1.82, 2.24) is 16.0 Å². The van der Waals surface area contributed by atoms with Crippen LogP contribution in [0, 0.1) is 0 Å². The fourth-order valence-electron chi connectivity index (χ4n) is 3.27. The zero-order valence-electron chi connectivity index (χ0n) is 20.1. The first-order valence-electron chi connectivity index (χ1n) is 11.5. The SMILES string of the molecule is CC(O)C(NC(=O)C(CC(=O)O)NC(=O)C(N)CCCCN)C(=O)NC(Cc1ccccc1)C(=O)O. The fraction of sp³-hybridized carbons (Fsp3) is 0.522. The van der Waals surface area contributed by atoms with E-state index >= 15 is 0 Å². The van der Waals surface area contributed by atoms with Gasteiger partial charge in [-0.2, -0.15) is 0 Å². The Labute approximate surface area is 208 Å². The number of hydrogen-bond acceptors (Lipinski definition) is 8. The first-order chi connectivity index (χ1) is 17.0. The van der Waals surface area contributed by atoms with Gasteiger partial charge in [-0.3, -0.25) is 19.2 Å². The molecule has 5 atom stereocenters. The van der Waals surface area contributed by atoms with Gasteiger partial charge in [0.1, 0.15) is 18.1 Å². The molecule has 13 heteroatoms. The van der Waals surface area contributed by atoms with Crippen molar-refractivity contribution in [2.75, 3.05) is 6.54 Å². The number of rotatable bonds is 16. The molecule has 5 unspecified atom stereocenters. The predicted molar refractivity (Wildman–Crippen MR) is 128 cm³/mol. The lowest BCUT2D eigenvalue weighted by Crippen LogP contribution is -2.60. The number of unbranched alkanes of at least 4 members (excludes halogenated alkanes) is 1. The lowest BCUT2D eigenvalue weighted by atomic mass is 10.0. The summed E-state index contributed by atoms with van der Waals surface area (Å²) in [6.07, 6.45) is -0.887. The molecule has 36 heavy (non-hydrogen) atoms. The van der Waals surface area contributed by atoms with E-state index in [0.29, 0.717) is 24.9 Å². The largest absolute Gasteiger partial charge is 0.481 e. The number of hydrogen-bond donors (Lipinski definition) is 8. The maximum absolute atomic E-state index is 12.8. The van der Waals surface area contributed by atoms with Gasteiger partial charge in [0, 0.05) is 6.42 Å². The Morgan fingerprint density at radius 3 is 2.03 bits per heavy atom. The summed E-state index contributed by atoms with van der Waals surface area (Å²) in [6, 6.07) is 2.92. The summed E-state index contributed by atoms with van der Waals surface area (Å²) in [6.45, 7) is 1.60. The zero-order valence-corrected chi connectivity index (χ0v) is 20.1. The number of aliphatic carboxylic acids is 2.